The Bertz CT molecular complexity index is 145. The molecule has 1 aliphatic carbocycles. The van der Waals surface area contributed by atoms with Gasteiger partial charge in [-0.15, -0.1) is 0 Å². The van der Waals surface area contributed by atoms with Crippen LogP contribution in [-0.4, -0.2) is 18.0 Å². The second-order valence-corrected chi connectivity index (χ2v) is 2.87. The average molecular weight is 126 g/mol. The maximum absolute atomic E-state index is 10.9. The van der Waals surface area contributed by atoms with E-state index in [2.05, 4.69) is 0 Å². The van der Waals surface area contributed by atoms with Gasteiger partial charge in [0.05, 0.1) is 0 Å². The van der Waals surface area contributed by atoms with Crippen LogP contribution in [0.2, 0.25) is 0 Å². The monoisotopic (exact) mass is 126 g/mol. The standard InChI is InChI=1S/C7H10O2/c8-6-2-4-7(6)3-1-5-9-7/h1-5H2. The molecule has 0 radical (unpaired) electrons. The average Bonchev–Trinajstić information content (AvgIpc) is 2.34. The molecule has 0 aromatic carbocycles. The molecule has 0 N–H and O–H groups in total. The molecule has 1 saturated carbocycles. The van der Waals surface area contributed by atoms with Crippen molar-refractivity contribution < 1.29 is 9.53 Å². The minimum atomic E-state index is -0.264. The van der Waals surface area contributed by atoms with Crippen molar-refractivity contribution in [2.45, 2.75) is 31.3 Å². The third-order valence-corrected chi connectivity index (χ3v) is 2.37. The van der Waals surface area contributed by atoms with Crippen LogP contribution in [-0.2, 0) is 9.53 Å². The van der Waals surface area contributed by atoms with E-state index in [1.807, 2.05) is 0 Å². The van der Waals surface area contributed by atoms with E-state index in [9.17, 15) is 4.79 Å². The highest BCUT2D eigenvalue weighted by Crippen LogP contribution is 2.39. The summed E-state index contributed by atoms with van der Waals surface area (Å²) in [7, 11) is 0. The Morgan fingerprint density at radius 1 is 1.44 bits per heavy atom. The molecule has 1 unspecified atom stereocenters. The van der Waals surface area contributed by atoms with Crippen LogP contribution in [0, 0.1) is 0 Å². The molecular weight excluding hydrogens is 116 g/mol. The summed E-state index contributed by atoms with van der Waals surface area (Å²) < 4.78 is 5.34. The first-order valence-electron chi connectivity index (χ1n) is 3.51. The number of ketones is 1. The minimum Gasteiger partial charge on any atom is -0.367 e. The molecule has 0 amide bonds. The highest BCUT2D eigenvalue weighted by atomic mass is 16.5. The highest BCUT2D eigenvalue weighted by Gasteiger charge is 2.48. The Hall–Kier alpha value is -0.370. The van der Waals surface area contributed by atoms with Crippen LogP contribution in [0.1, 0.15) is 25.7 Å². The molecule has 0 aromatic heterocycles. The maximum Gasteiger partial charge on any atom is 0.164 e. The maximum atomic E-state index is 10.9. The molecule has 2 heteroatoms. The molecule has 0 bridgehead atoms. The van der Waals surface area contributed by atoms with E-state index in [4.69, 9.17) is 4.74 Å². The van der Waals surface area contributed by atoms with Crippen molar-refractivity contribution in [3.05, 3.63) is 0 Å². The number of rotatable bonds is 0. The SMILES string of the molecule is O=C1CCC12CCCO2. The fraction of sp³-hybridized carbons (Fsp3) is 0.857. The van der Waals surface area contributed by atoms with Crippen LogP contribution in [0.15, 0.2) is 0 Å². The van der Waals surface area contributed by atoms with Gasteiger partial charge in [-0.3, -0.25) is 4.79 Å². The first-order chi connectivity index (χ1) is 4.33. The predicted octanol–water partition coefficient (Wildman–Crippen LogP) is 0.898. The molecule has 1 atom stereocenters. The van der Waals surface area contributed by atoms with Crippen LogP contribution >= 0.6 is 0 Å². The summed E-state index contributed by atoms with van der Waals surface area (Å²) in [5.41, 5.74) is -0.264. The summed E-state index contributed by atoms with van der Waals surface area (Å²) >= 11 is 0. The molecule has 50 valence electrons. The van der Waals surface area contributed by atoms with Gasteiger partial charge in [-0.1, -0.05) is 0 Å². The number of ether oxygens (including phenoxy) is 1. The first-order valence-corrected chi connectivity index (χ1v) is 3.51. The molecule has 1 heterocycles. The smallest absolute Gasteiger partial charge is 0.164 e. The van der Waals surface area contributed by atoms with Crippen molar-refractivity contribution in [3.8, 4) is 0 Å². The van der Waals surface area contributed by atoms with Gasteiger partial charge in [-0.05, 0) is 19.3 Å². The van der Waals surface area contributed by atoms with Crippen molar-refractivity contribution in [2.24, 2.45) is 0 Å². The van der Waals surface area contributed by atoms with E-state index in [1.54, 1.807) is 0 Å². The second kappa shape index (κ2) is 1.57. The molecule has 1 saturated heterocycles. The summed E-state index contributed by atoms with van der Waals surface area (Å²) in [4.78, 5) is 10.9. The zero-order valence-electron chi connectivity index (χ0n) is 5.35. The summed E-state index contributed by atoms with van der Waals surface area (Å²) in [5.74, 6) is 0.333. The van der Waals surface area contributed by atoms with Gasteiger partial charge in [0.1, 0.15) is 5.60 Å². The number of carbonyl (C=O) groups excluding carboxylic acids is 1. The molecule has 2 nitrogen and oxygen atoms in total. The van der Waals surface area contributed by atoms with Crippen LogP contribution in [0.4, 0.5) is 0 Å². The van der Waals surface area contributed by atoms with Crippen LogP contribution in [0.25, 0.3) is 0 Å². The Balaban J connectivity index is 2.14. The summed E-state index contributed by atoms with van der Waals surface area (Å²) in [5, 5.41) is 0. The number of carbonyl (C=O) groups is 1. The molecule has 1 aliphatic heterocycles. The van der Waals surface area contributed by atoms with Crippen molar-refractivity contribution in [1.82, 2.24) is 0 Å². The van der Waals surface area contributed by atoms with Crippen LogP contribution < -0.4 is 0 Å². The molecular formula is C7H10O2. The largest absolute Gasteiger partial charge is 0.367 e. The summed E-state index contributed by atoms with van der Waals surface area (Å²) in [6, 6.07) is 0. The Labute approximate surface area is 54.2 Å². The van der Waals surface area contributed by atoms with Crippen molar-refractivity contribution in [2.75, 3.05) is 6.61 Å². The number of hydrogen-bond acceptors (Lipinski definition) is 2. The van der Waals surface area contributed by atoms with Crippen molar-refractivity contribution >= 4 is 5.78 Å². The quantitative estimate of drug-likeness (QED) is 0.482. The van der Waals surface area contributed by atoms with Crippen molar-refractivity contribution in [3.63, 3.8) is 0 Å². The van der Waals surface area contributed by atoms with E-state index in [0.717, 1.165) is 32.3 Å². The first kappa shape index (κ1) is 5.42. The van der Waals surface area contributed by atoms with Gasteiger partial charge >= 0.3 is 0 Å². The van der Waals surface area contributed by atoms with E-state index < -0.39 is 0 Å². The lowest BCUT2D eigenvalue weighted by Gasteiger charge is -2.34. The van der Waals surface area contributed by atoms with Gasteiger partial charge in [-0.2, -0.15) is 0 Å². The molecule has 2 fully saturated rings. The molecule has 2 rings (SSSR count). The lowest BCUT2D eigenvalue weighted by molar-refractivity contribution is -0.152. The zero-order chi connectivity index (χ0) is 6.32. The Kier molecular flexibility index (Phi) is 0.943. The van der Waals surface area contributed by atoms with Gasteiger partial charge in [0, 0.05) is 13.0 Å². The van der Waals surface area contributed by atoms with Gasteiger partial charge in [0.15, 0.2) is 5.78 Å². The van der Waals surface area contributed by atoms with Gasteiger partial charge in [0.25, 0.3) is 0 Å². The normalized spacial score (nSPS) is 41.6. The lowest BCUT2D eigenvalue weighted by atomic mass is 9.77. The van der Waals surface area contributed by atoms with E-state index in [-0.39, 0.29) is 5.60 Å². The fourth-order valence-electron chi connectivity index (χ4n) is 1.62. The third-order valence-electron chi connectivity index (χ3n) is 2.37. The van der Waals surface area contributed by atoms with Crippen LogP contribution in [0.5, 0.6) is 0 Å². The highest BCUT2D eigenvalue weighted by molar-refractivity contribution is 5.93. The molecule has 9 heavy (non-hydrogen) atoms. The fourth-order valence-corrected chi connectivity index (χ4v) is 1.62. The van der Waals surface area contributed by atoms with Crippen molar-refractivity contribution in [1.29, 1.82) is 0 Å². The van der Waals surface area contributed by atoms with Gasteiger partial charge in [-0.25, -0.2) is 0 Å². The lowest BCUT2D eigenvalue weighted by Crippen LogP contribution is -2.46. The van der Waals surface area contributed by atoms with E-state index >= 15 is 0 Å². The van der Waals surface area contributed by atoms with E-state index in [0.29, 0.717) is 5.78 Å². The second-order valence-electron chi connectivity index (χ2n) is 2.87. The van der Waals surface area contributed by atoms with Gasteiger partial charge < -0.3 is 4.74 Å². The minimum absolute atomic E-state index is 0.264. The number of hydrogen-bond donors (Lipinski definition) is 0. The molecule has 0 aromatic rings. The Morgan fingerprint density at radius 3 is 2.56 bits per heavy atom. The molecule has 1 spiro atoms. The van der Waals surface area contributed by atoms with Crippen LogP contribution in [0.3, 0.4) is 0 Å². The predicted molar refractivity (Wildman–Crippen MR) is 32.2 cm³/mol. The summed E-state index contributed by atoms with van der Waals surface area (Å²) in [6.07, 6.45) is 3.78. The van der Waals surface area contributed by atoms with Gasteiger partial charge in [0.2, 0.25) is 0 Å². The summed E-state index contributed by atoms with van der Waals surface area (Å²) in [6.45, 7) is 0.797. The zero-order valence-corrected chi connectivity index (χ0v) is 5.35. The Morgan fingerprint density at radius 2 is 2.33 bits per heavy atom. The van der Waals surface area contributed by atoms with E-state index in [1.165, 1.54) is 0 Å². The third kappa shape index (κ3) is 0.568. The topological polar surface area (TPSA) is 26.3 Å². The molecule has 2 aliphatic rings. The number of Topliss-reactive ketones (excluding diaryl/α,β-unsaturated/α-hetero) is 1.